The number of alkyl halides is 2. The molecule has 3 rings (SSSR count). The molecule has 0 atom stereocenters. The number of fused-ring (bicyclic) bond motifs is 1. The number of hydrogen-bond donors (Lipinski definition) is 2. The van der Waals surface area contributed by atoms with E-state index in [4.69, 9.17) is 0 Å². The van der Waals surface area contributed by atoms with E-state index in [0.29, 0.717) is 6.54 Å². The van der Waals surface area contributed by atoms with Crippen molar-refractivity contribution in [2.45, 2.75) is 32.3 Å². The average Bonchev–Trinajstić information content (AvgIpc) is 3.03. The van der Waals surface area contributed by atoms with E-state index in [1.54, 1.807) is 12.1 Å². The molecule has 1 saturated heterocycles. The van der Waals surface area contributed by atoms with E-state index in [9.17, 15) is 18.1 Å². The number of aromatic hydroxyl groups is 1. The minimum atomic E-state index is -2.71. The smallest absolute Gasteiger partial charge is 0.345 e. The Hall–Kier alpha value is -1.51. The van der Waals surface area contributed by atoms with Gasteiger partial charge in [-0.05, 0) is 50.1 Å². The van der Waals surface area contributed by atoms with Crippen LogP contribution in [0.1, 0.15) is 26.3 Å². The fourth-order valence-corrected chi connectivity index (χ4v) is 4.16. The highest BCUT2D eigenvalue weighted by atomic mass is 32.2. The van der Waals surface area contributed by atoms with Crippen LogP contribution in [0.2, 0.25) is 0 Å². The van der Waals surface area contributed by atoms with Gasteiger partial charge in [-0.1, -0.05) is 6.42 Å². The van der Waals surface area contributed by atoms with E-state index in [-0.39, 0.29) is 13.8 Å². The van der Waals surface area contributed by atoms with Crippen LogP contribution >= 0.6 is 0 Å². The molecule has 8 heteroatoms. The highest BCUT2D eigenvalue weighted by Crippen LogP contribution is 2.23. The van der Waals surface area contributed by atoms with E-state index in [1.165, 1.54) is 19.3 Å². The Labute approximate surface area is 162 Å². The van der Waals surface area contributed by atoms with Crippen LogP contribution in [-0.2, 0) is 22.0 Å². The van der Waals surface area contributed by atoms with Crippen LogP contribution in [0, 0.1) is 0 Å². The van der Waals surface area contributed by atoms with Gasteiger partial charge in [0, 0.05) is 53.9 Å². The first-order valence-electron chi connectivity index (χ1n) is 9.18. The molecule has 2 N–H and O–H groups in total. The molecule has 2 aromatic rings. The van der Waals surface area contributed by atoms with Crippen LogP contribution in [0.15, 0.2) is 24.4 Å². The first kappa shape index (κ1) is 21.8. The molecule has 1 aromatic carbocycles. The van der Waals surface area contributed by atoms with Gasteiger partial charge < -0.3 is 19.7 Å². The van der Waals surface area contributed by atoms with E-state index in [0.717, 1.165) is 40.9 Å². The number of nitrogens with zero attached hydrogens (tertiary/aromatic N) is 1. The average molecular weight is 405 g/mol. The molecular weight excluding hydrogens is 374 g/mol. The number of phenols is 1. The molecule has 1 fully saturated rings. The summed E-state index contributed by atoms with van der Waals surface area (Å²) < 4.78 is 38.5. The number of nitrogens with one attached hydrogen (secondary N) is 1. The fraction of sp³-hybridized carbons (Fsp3) is 0.579. The highest BCUT2D eigenvalue weighted by molar-refractivity contribution is 7.85. The van der Waals surface area contributed by atoms with Crippen LogP contribution in [-0.4, -0.2) is 64.1 Å². The minimum absolute atomic E-state index is 0. The summed E-state index contributed by atoms with van der Waals surface area (Å²) in [4.78, 5) is 5.08. The predicted molar refractivity (Wildman–Crippen MR) is 107 cm³/mol. The molecule has 0 spiro atoms. The number of aromatic amines is 1. The zero-order valence-electron chi connectivity index (χ0n) is 15.6. The van der Waals surface area contributed by atoms with Crippen LogP contribution < -0.4 is 0 Å². The number of rotatable bonds is 7. The van der Waals surface area contributed by atoms with Crippen LogP contribution in [0.5, 0.6) is 5.75 Å². The van der Waals surface area contributed by atoms with Gasteiger partial charge in [0.2, 0.25) is 0 Å². The quantitative estimate of drug-likeness (QED) is 0.738. The van der Waals surface area contributed by atoms with Gasteiger partial charge in [0.1, 0.15) is 5.75 Å². The summed E-state index contributed by atoms with van der Waals surface area (Å²) in [7, 11) is 1.42. The van der Waals surface area contributed by atoms with Crippen molar-refractivity contribution < 1.29 is 24.3 Å². The number of ether oxygens (including phenoxy) is 1. The normalized spacial score (nSPS) is 15.3. The van der Waals surface area contributed by atoms with E-state index < -0.39 is 17.4 Å². The Bertz CT molecular complexity index is 722. The number of hydrogen-bond acceptors (Lipinski definition) is 4. The number of H-pyrrole nitrogens is 1. The molecule has 1 aromatic heterocycles. The molecular formula is C19H30F2N2O3S. The Balaban J connectivity index is 0.000000414. The second kappa shape index (κ2) is 11.4. The van der Waals surface area contributed by atoms with E-state index in [2.05, 4.69) is 9.72 Å². The van der Waals surface area contributed by atoms with Gasteiger partial charge in [-0.3, -0.25) is 4.21 Å². The number of aromatic nitrogens is 1. The summed E-state index contributed by atoms with van der Waals surface area (Å²) in [6, 6.07) is 5.19. The van der Waals surface area contributed by atoms with Gasteiger partial charge in [0.25, 0.3) is 0 Å². The molecule has 0 saturated carbocycles. The Kier molecular flexibility index (Phi) is 9.17. The van der Waals surface area contributed by atoms with Crippen molar-refractivity contribution >= 4 is 21.7 Å². The predicted octanol–water partition coefficient (Wildman–Crippen LogP) is 3.75. The number of likely N-dealkylation sites (N-methyl/N-ethyl adjacent to an activating group) is 1. The first-order chi connectivity index (χ1) is 13.0. The standard InChI is InChI=1S/C14H18F2N2O2.C5H10OS.H2/c1-18(6-7-20-14(15)16)5-4-10-9-17-13-3-2-11(19)8-12(10)13;6-7-4-2-1-3-5-7;/h2-3,8-9,14,17,19H,4-7H2,1H3;1-5H2;1H. The van der Waals surface area contributed by atoms with Gasteiger partial charge >= 0.3 is 6.61 Å². The Morgan fingerprint density at radius 1 is 1.30 bits per heavy atom. The Morgan fingerprint density at radius 2 is 2.04 bits per heavy atom. The summed E-state index contributed by atoms with van der Waals surface area (Å²) in [5.41, 5.74) is 2.07. The second-order valence-electron chi connectivity index (χ2n) is 6.64. The summed E-state index contributed by atoms with van der Waals surface area (Å²) in [5, 5.41) is 10.5. The van der Waals surface area contributed by atoms with Gasteiger partial charge in [0.05, 0.1) is 6.61 Å². The van der Waals surface area contributed by atoms with Crippen molar-refractivity contribution in [3.05, 3.63) is 30.0 Å². The molecule has 1 aliphatic heterocycles. The number of benzene rings is 1. The number of phenolic OH excluding ortho intramolecular Hbond substituents is 1. The van der Waals surface area contributed by atoms with Crippen LogP contribution in [0.4, 0.5) is 8.78 Å². The van der Waals surface area contributed by atoms with Crippen LogP contribution in [0.25, 0.3) is 10.9 Å². The molecule has 0 unspecified atom stereocenters. The van der Waals surface area contributed by atoms with Crippen molar-refractivity contribution in [2.75, 3.05) is 38.2 Å². The van der Waals surface area contributed by atoms with Crippen molar-refractivity contribution in [1.82, 2.24) is 9.88 Å². The van der Waals surface area contributed by atoms with Gasteiger partial charge in [-0.25, -0.2) is 0 Å². The third-order valence-corrected chi connectivity index (χ3v) is 5.96. The lowest BCUT2D eigenvalue weighted by Gasteiger charge is -2.16. The molecule has 1 aliphatic rings. The fourth-order valence-electron chi connectivity index (χ4n) is 2.90. The maximum Gasteiger partial charge on any atom is 0.345 e. The van der Waals surface area contributed by atoms with E-state index >= 15 is 0 Å². The van der Waals surface area contributed by atoms with Gasteiger partial charge in [-0.15, -0.1) is 0 Å². The summed E-state index contributed by atoms with van der Waals surface area (Å²) in [5.74, 6) is 2.15. The third-order valence-electron chi connectivity index (χ3n) is 4.47. The van der Waals surface area contributed by atoms with Crippen molar-refractivity contribution in [2.24, 2.45) is 0 Å². The van der Waals surface area contributed by atoms with Gasteiger partial charge in [0.15, 0.2) is 0 Å². The lowest BCUT2D eigenvalue weighted by molar-refractivity contribution is -0.131. The molecule has 27 heavy (non-hydrogen) atoms. The molecule has 0 amide bonds. The lowest BCUT2D eigenvalue weighted by atomic mass is 10.1. The summed E-state index contributed by atoms with van der Waals surface area (Å²) in [6.07, 6.45) is 6.35. The van der Waals surface area contributed by atoms with Gasteiger partial charge in [-0.2, -0.15) is 8.78 Å². The molecule has 5 nitrogen and oxygen atoms in total. The zero-order valence-corrected chi connectivity index (χ0v) is 16.4. The van der Waals surface area contributed by atoms with Crippen molar-refractivity contribution in [1.29, 1.82) is 0 Å². The summed E-state index contributed by atoms with van der Waals surface area (Å²) in [6.45, 7) is -1.50. The van der Waals surface area contributed by atoms with E-state index in [1.807, 2.05) is 24.2 Å². The maximum absolute atomic E-state index is 11.8. The molecule has 0 aliphatic carbocycles. The minimum Gasteiger partial charge on any atom is -0.508 e. The Morgan fingerprint density at radius 3 is 2.67 bits per heavy atom. The first-order valence-corrected chi connectivity index (χ1v) is 10.7. The topological polar surface area (TPSA) is 65.6 Å². The largest absolute Gasteiger partial charge is 0.508 e. The zero-order chi connectivity index (χ0) is 19.6. The monoisotopic (exact) mass is 404 g/mol. The van der Waals surface area contributed by atoms with Crippen molar-refractivity contribution in [3.8, 4) is 5.75 Å². The number of halogens is 2. The second-order valence-corrected chi connectivity index (χ2v) is 8.33. The third kappa shape index (κ3) is 7.94. The molecule has 0 bridgehead atoms. The maximum atomic E-state index is 11.8. The molecule has 0 radical (unpaired) electrons. The molecule has 2 heterocycles. The lowest BCUT2D eigenvalue weighted by Crippen LogP contribution is -2.26. The molecule has 154 valence electrons. The highest BCUT2D eigenvalue weighted by Gasteiger charge is 2.07. The SMILES string of the molecule is CN(CCOC(F)F)CCc1c[nH]c2ccc(O)cc12.O=S1CCCCC1.[HH]. The van der Waals surface area contributed by atoms with Crippen molar-refractivity contribution in [3.63, 3.8) is 0 Å². The summed E-state index contributed by atoms with van der Waals surface area (Å²) >= 11 is 0. The van der Waals surface area contributed by atoms with Crippen LogP contribution in [0.3, 0.4) is 0 Å².